The monoisotopic (exact) mass is 461 g/mol. The Bertz CT molecular complexity index is 1130. The van der Waals surface area contributed by atoms with Crippen molar-refractivity contribution in [1.82, 2.24) is 15.0 Å². The summed E-state index contributed by atoms with van der Waals surface area (Å²) >= 11 is 0. The summed E-state index contributed by atoms with van der Waals surface area (Å²) in [6.07, 6.45) is 2.67. The lowest BCUT2D eigenvalue weighted by atomic mass is 9.99. The molecule has 5 rings (SSSR count). The third-order valence-electron chi connectivity index (χ3n) is 7.05. The molecule has 2 aliphatic rings. The van der Waals surface area contributed by atoms with Crippen LogP contribution in [0.5, 0.6) is 11.5 Å². The van der Waals surface area contributed by atoms with Gasteiger partial charge >= 0.3 is 0 Å². The maximum absolute atomic E-state index is 13.5. The number of methoxy groups -OCH3 is 2. The van der Waals surface area contributed by atoms with Crippen molar-refractivity contribution in [3.8, 4) is 22.8 Å². The first-order valence-electron chi connectivity index (χ1n) is 11.9. The van der Waals surface area contributed by atoms with Crippen LogP contribution in [-0.2, 0) is 16.6 Å². The third kappa shape index (κ3) is 4.40. The molecule has 0 N–H and O–H groups in total. The fourth-order valence-corrected chi connectivity index (χ4v) is 4.74. The number of carbonyl (C=O) groups excluding carboxylic acids is 1. The fraction of sp³-hybridized carbons (Fsp3) is 0.407. The summed E-state index contributed by atoms with van der Waals surface area (Å²) in [4.78, 5) is 17.9. The van der Waals surface area contributed by atoms with Gasteiger partial charge in [-0.3, -0.25) is 9.69 Å². The number of piperazine rings is 1. The van der Waals surface area contributed by atoms with E-state index in [2.05, 4.69) is 34.3 Å². The largest absolute Gasteiger partial charge is 0.493 e. The van der Waals surface area contributed by atoms with E-state index in [1.54, 1.807) is 14.2 Å². The summed E-state index contributed by atoms with van der Waals surface area (Å²) in [7, 11) is 3.21. The SMILES string of the molecule is COc1ccc(-c2cc(C3(C(=O)N4CCN(CCc5ccccc5)CC4)CC3)no2)cc1OC. The topological polar surface area (TPSA) is 68.0 Å². The molecule has 1 saturated heterocycles. The number of carbonyl (C=O) groups is 1. The molecule has 0 radical (unpaired) electrons. The van der Waals surface area contributed by atoms with E-state index in [-0.39, 0.29) is 5.91 Å². The summed E-state index contributed by atoms with van der Waals surface area (Å²) in [6, 6.07) is 18.1. The summed E-state index contributed by atoms with van der Waals surface area (Å²) in [6.45, 7) is 4.36. The number of rotatable bonds is 8. The molecule has 34 heavy (non-hydrogen) atoms. The van der Waals surface area contributed by atoms with Gasteiger partial charge in [-0.05, 0) is 43.0 Å². The van der Waals surface area contributed by atoms with E-state index in [9.17, 15) is 4.79 Å². The van der Waals surface area contributed by atoms with Crippen molar-refractivity contribution in [2.75, 3.05) is 46.9 Å². The highest BCUT2D eigenvalue weighted by Gasteiger charge is 2.55. The Hall–Kier alpha value is -3.32. The van der Waals surface area contributed by atoms with E-state index >= 15 is 0 Å². The van der Waals surface area contributed by atoms with Crippen LogP contribution in [-0.4, -0.2) is 67.8 Å². The van der Waals surface area contributed by atoms with Gasteiger partial charge in [-0.1, -0.05) is 35.5 Å². The van der Waals surface area contributed by atoms with Crippen molar-refractivity contribution in [3.05, 3.63) is 65.9 Å². The van der Waals surface area contributed by atoms with Crippen LogP contribution in [0.3, 0.4) is 0 Å². The van der Waals surface area contributed by atoms with Gasteiger partial charge in [0.25, 0.3) is 0 Å². The molecule has 2 aromatic carbocycles. The summed E-state index contributed by atoms with van der Waals surface area (Å²) < 4.78 is 16.4. The molecule has 2 fully saturated rings. The minimum atomic E-state index is -0.537. The summed E-state index contributed by atoms with van der Waals surface area (Å²) in [5, 5.41) is 4.31. The average molecular weight is 462 g/mol. The highest BCUT2D eigenvalue weighted by Crippen LogP contribution is 2.50. The lowest BCUT2D eigenvalue weighted by Gasteiger charge is -2.36. The first kappa shape index (κ1) is 22.5. The Kier molecular flexibility index (Phi) is 6.28. The smallest absolute Gasteiger partial charge is 0.235 e. The number of ether oxygens (including phenoxy) is 2. The number of hydrogen-bond acceptors (Lipinski definition) is 6. The number of amides is 1. The van der Waals surface area contributed by atoms with E-state index in [1.165, 1.54) is 5.56 Å². The second-order valence-corrected chi connectivity index (χ2v) is 9.10. The number of hydrogen-bond donors (Lipinski definition) is 0. The lowest BCUT2D eigenvalue weighted by Crippen LogP contribution is -2.51. The third-order valence-corrected chi connectivity index (χ3v) is 7.05. The molecule has 1 aromatic heterocycles. The van der Waals surface area contributed by atoms with Crippen LogP contribution in [0, 0.1) is 0 Å². The van der Waals surface area contributed by atoms with Crippen molar-refractivity contribution >= 4 is 5.91 Å². The first-order chi connectivity index (χ1) is 16.6. The van der Waals surface area contributed by atoms with Crippen molar-refractivity contribution < 1.29 is 18.8 Å². The highest BCUT2D eigenvalue weighted by atomic mass is 16.5. The Labute approximate surface area is 200 Å². The Morgan fingerprint density at radius 3 is 2.38 bits per heavy atom. The Morgan fingerprint density at radius 2 is 1.71 bits per heavy atom. The molecule has 7 nitrogen and oxygen atoms in total. The zero-order chi connectivity index (χ0) is 23.5. The normalized spacial score (nSPS) is 17.4. The van der Waals surface area contributed by atoms with Crippen LogP contribution >= 0.6 is 0 Å². The van der Waals surface area contributed by atoms with Gasteiger partial charge in [-0.15, -0.1) is 0 Å². The van der Waals surface area contributed by atoms with Gasteiger partial charge in [-0.2, -0.15) is 0 Å². The maximum atomic E-state index is 13.5. The molecular weight excluding hydrogens is 430 g/mol. The maximum Gasteiger partial charge on any atom is 0.235 e. The minimum absolute atomic E-state index is 0.183. The average Bonchev–Trinajstić information content (AvgIpc) is 3.56. The van der Waals surface area contributed by atoms with Gasteiger partial charge in [-0.25, -0.2) is 0 Å². The van der Waals surface area contributed by atoms with E-state index in [4.69, 9.17) is 14.0 Å². The van der Waals surface area contributed by atoms with Crippen molar-refractivity contribution in [2.45, 2.75) is 24.7 Å². The molecule has 7 heteroatoms. The van der Waals surface area contributed by atoms with Crippen LogP contribution in [0.4, 0.5) is 0 Å². The summed E-state index contributed by atoms with van der Waals surface area (Å²) in [5.41, 5.74) is 2.39. The van der Waals surface area contributed by atoms with Crippen LogP contribution in [0.25, 0.3) is 11.3 Å². The molecule has 178 valence electrons. The van der Waals surface area contributed by atoms with Gasteiger partial charge in [0.05, 0.1) is 25.3 Å². The quantitative estimate of drug-likeness (QED) is 0.509. The Balaban J connectivity index is 1.21. The van der Waals surface area contributed by atoms with E-state index in [1.807, 2.05) is 35.2 Å². The number of aromatic nitrogens is 1. The second-order valence-electron chi connectivity index (χ2n) is 9.10. The predicted octanol–water partition coefficient (Wildman–Crippen LogP) is 3.78. The molecule has 1 amide bonds. The molecule has 0 atom stereocenters. The Morgan fingerprint density at radius 1 is 0.971 bits per heavy atom. The van der Waals surface area contributed by atoms with Crippen molar-refractivity contribution in [3.63, 3.8) is 0 Å². The number of benzene rings is 2. The zero-order valence-electron chi connectivity index (χ0n) is 19.8. The number of nitrogens with zero attached hydrogens (tertiary/aromatic N) is 3. The van der Waals surface area contributed by atoms with Crippen LogP contribution < -0.4 is 9.47 Å². The van der Waals surface area contributed by atoms with Gasteiger partial charge in [0.2, 0.25) is 5.91 Å². The standard InChI is InChI=1S/C27H31N3O4/c1-32-22-9-8-21(18-24(22)33-2)23-19-25(28-34-23)27(11-12-27)26(31)30-16-14-29(15-17-30)13-10-20-6-4-3-5-7-20/h3-9,18-19H,10-17H2,1-2H3. The molecule has 2 heterocycles. The van der Waals surface area contributed by atoms with Crippen molar-refractivity contribution in [2.24, 2.45) is 0 Å². The molecule has 1 aliphatic carbocycles. The molecule has 0 bridgehead atoms. The van der Waals surface area contributed by atoms with Crippen LogP contribution in [0.15, 0.2) is 59.1 Å². The molecule has 3 aromatic rings. The first-order valence-corrected chi connectivity index (χ1v) is 11.9. The minimum Gasteiger partial charge on any atom is -0.493 e. The van der Waals surface area contributed by atoms with E-state index in [0.29, 0.717) is 17.3 Å². The predicted molar refractivity (Wildman–Crippen MR) is 129 cm³/mol. The molecule has 1 saturated carbocycles. The lowest BCUT2D eigenvalue weighted by molar-refractivity contribution is -0.135. The van der Waals surface area contributed by atoms with E-state index in [0.717, 1.165) is 63.2 Å². The molecule has 1 aliphatic heterocycles. The second kappa shape index (κ2) is 9.50. The van der Waals surface area contributed by atoms with E-state index < -0.39 is 5.41 Å². The van der Waals surface area contributed by atoms with Gasteiger partial charge in [0, 0.05) is 44.4 Å². The van der Waals surface area contributed by atoms with Crippen molar-refractivity contribution in [1.29, 1.82) is 0 Å². The van der Waals surface area contributed by atoms with Crippen LogP contribution in [0.2, 0.25) is 0 Å². The zero-order valence-corrected chi connectivity index (χ0v) is 19.8. The summed E-state index contributed by atoms with van der Waals surface area (Å²) in [5.74, 6) is 2.09. The van der Waals surface area contributed by atoms with Crippen LogP contribution in [0.1, 0.15) is 24.1 Å². The molecular formula is C27H31N3O4. The van der Waals surface area contributed by atoms with Gasteiger partial charge in [0.1, 0.15) is 0 Å². The van der Waals surface area contributed by atoms with Gasteiger partial charge in [0.15, 0.2) is 17.3 Å². The molecule has 0 spiro atoms. The van der Waals surface area contributed by atoms with Gasteiger partial charge < -0.3 is 18.9 Å². The highest BCUT2D eigenvalue weighted by molar-refractivity contribution is 5.91. The fourth-order valence-electron chi connectivity index (χ4n) is 4.74. The molecule has 0 unspecified atom stereocenters.